The molecule has 0 saturated heterocycles. The lowest BCUT2D eigenvalue weighted by Gasteiger charge is -2.26. The Balaban J connectivity index is 2.19. The molecule has 0 unspecified atom stereocenters. The predicted octanol–water partition coefficient (Wildman–Crippen LogP) is 2.98. The number of anilines is 1. The molecule has 0 N–H and O–H groups in total. The smallest absolute Gasteiger partial charge is 0.338 e. The number of nitro groups is 1. The Kier molecular flexibility index (Phi) is 7.02. The van der Waals surface area contributed by atoms with Crippen molar-refractivity contribution in [2.24, 2.45) is 0 Å². The second-order valence-electron chi connectivity index (χ2n) is 6.29. The van der Waals surface area contributed by atoms with Gasteiger partial charge in [0, 0.05) is 23.9 Å². The molecule has 152 valence electrons. The summed E-state index contributed by atoms with van der Waals surface area (Å²) in [5.41, 5.74) is -0.234. The molecule has 0 aliphatic rings. The van der Waals surface area contributed by atoms with Crippen molar-refractivity contribution < 1.29 is 28.8 Å². The number of para-hydroxylation sites is 1. The Hall–Kier alpha value is -3.75. The van der Waals surface area contributed by atoms with E-state index in [4.69, 9.17) is 4.74 Å². The summed E-state index contributed by atoms with van der Waals surface area (Å²) in [5, 5.41) is 11.1. The number of carbonyl (C=O) groups is 3. The largest absolute Gasteiger partial charge is 0.465 e. The Morgan fingerprint density at radius 3 is 2.14 bits per heavy atom. The first-order valence-corrected chi connectivity index (χ1v) is 8.66. The fraction of sp³-hybridized carbons (Fsp3) is 0.250. The zero-order valence-electron chi connectivity index (χ0n) is 16.2. The minimum absolute atomic E-state index is 0.173. The van der Waals surface area contributed by atoms with E-state index >= 15 is 0 Å². The molecule has 2 aromatic carbocycles. The van der Waals surface area contributed by atoms with Gasteiger partial charge < -0.3 is 14.4 Å². The third-order valence-corrected chi connectivity index (χ3v) is 3.93. The Morgan fingerprint density at radius 1 is 1.03 bits per heavy atom. The van der Waals surface area contributed by atoms with E-state index in [-0.39, 0.29) is 17.2 Å². The fourth-order valence-electron chi connectivity index (χ4n) is 2.67. The van der Waals surface area contributed by atoms with Gasteiger partial charge in [-0.05, 0) is 32.0 Å². The van der Waals surface area contributed by atoms with Crippen molar-refractivity contribution in [1.29, 1.82) is 0 Å². The van der Waals surface area contributed by atoms with Crippen molar-refractivity contribution >= 4 is 29.2 Å². The number of methoxy groups -OCH3 is 1. The van der Waals surface area contributed by atoms with Crippen LogP contribution in [0.3, 0.4) is 0 Å². The minimum Gasteiger partial charge on any atom is -0.465 e. The van der Waals surface area contributed by atoms with Crippen molar-refractivity contribution in [3.05, 3.63) is 69.8 Å². The van der Waals surface area contributed by atoms with Crippen molar-refractivity contribution in [3.8, 4) is 0 Å². The summed E-state index contributed by atoms with van der Waals surface area (Å²) in [5.74, 6) is -2.27. The number of nitro benzene ring substituents is 1. The second-order valence-corrected chi connectivity index (χ2v) is 6.29. The lowest BCUT2D eigenvalue weighted by atomic mass is 10.1. The third kappa shape index (κ3) is 5.38. The van der Waals surface area contributed by atoms with Crippen LogP contribution in [0.4, 0.5) is 11.4 Å². The van der Waals surface area contributed by atoms with Crippen molar-refractivity contribution in [2.75, 3.05) is 18.6 Å². The van der Waals surface area contributed by atoms with Gasteiger partial charge in [0.1, 0.15) is 0 Å². The van der Waals surface area contributed by atoms with Crippen molar-refractivity contribution in [1.82, 2.24) is 0 Å². The first-order chi connectivity index (χ1) is 13.7. The minimum atomic E-state index is -0.969. The molecule has 2 aromatic rings. The maximum absolute atomic E-state index is 12.6. The normalized spacial score (nSPS) is 10.3. The van der Waals surface area contributed by atoms with Gasteiger partial charge in [-0.15, -0.1) is 0 Å². The van der Waals surface area contributed by atoms with Crippen LogP contribution in [-0.2, 0) is 14.3 Å². The number of benzene rings is 2. The van der Waals surface area contributed by atoms with E-state index in [1.165, 1.54) is 4.90 Å². The molecule has 0 spiro atoms. The average Bonchev–Trinajstić information content (AvgIpc) is 2.71. The van der Waals surface area contributed by atoms with Crippen LogP contribution in [0, 0.1) is 10.1 Å². The summed E-state index contributed by atoms with van der Waals surface area (Å²) in [6, 6.07) is 11.8. The molecular formula is C20H20N2O7. The van der Waals surface area contributed by atoms with Gasteiger partial charge in [0.25, 0.3) is 11.6 Å². The summed E-state index contributed by atoms with van der Waals surface area (Å²) < 4.78 is 9.58. The molecule has 9 heteroatoms. The molecule has 0 heterocycles. The van der Waals surface area contributed by atoms with Gasteiger partial charge in [-0.1, -0.05) is 18.2 Å². The highest BCUT2D eigenvalue weighted by molar-refractivity contribution is 5.99. The summed E-state index contributed by atoms with van der Waals surface area (Å²) in [6.07, 6.45) is 0. The molecule has 0 aliphatic carbocycles. The van der Waals surface area contributed by atoms with E-state index in [1.54, 1.807) is 24.3 Å². The van der Waals surface area contributed by atoms with Crippen LogP contribution in [0.2, 0.25) is 0 Å². The highest BCUT2D eigenvalue weighted by atomic mass is 16.6. The predicted molar refractivity (Wildman–Crippen MR) is 104 cm³/mol. The molecule has 0 radical (unpaired) electrons. The highest BCUT2D eigenvalue weighted by Crippen LogP contribution is 2.20. The molecule has 0 atom stereocenters. The number of nitrogens with zero attached hydrogens (tertiary/aromatic N) is 2. The monoisotopic (exact) mass is 400 g/mol. The number of ether oxygens (including phenoxy) is 2. The van der Waals surface area contributed by atoms with E-state index in [9.17, 15) is 24.5 Å². The summed E-state index contributed by atoms with van der Waals surface area (Å²) in [4.78, 5) is 48.4. The highest BCUT2D eigenvalue weighted by Gasteiger charge is 2.23. The quantitative estimate of drug-likeness (QED) is 0.398. The number of hydrogen-bond donors (Lipinski definition) is 0. The van der Waals surface area contributed by atoms with Gasteiger partial charge in [-0.3, -0.25) is 14.9 Å². The first-order valence-electron chi connectivity index (χ1n) is 8.66. The Morgan fingerprint density at radius 2 is 1.62 bits per heavy atom. The SMILES string of the molecule is COC(=O)c1cc(C(=O)OCC(=O)N(c2ccccc2)C(C)C)cc([N+](=O)[O-])c1. The molecule has 29 heavy (non-hydrogen) atoms. The van der Waals surface area contributed by atoms with Crippen molar-refractivity contribution in [2.45, 2.75) is 19.9 Å². The molecule has 2 rings (SSSR count). The van der Waals surface area contributed by atoms with Crippen LogP contribution >= 0.6 is 0 Å². The number of amides is 1. The number of hydrogen-bond acceptors (Lipinski definition) is 7. The van der Waals surface area contributed by atoms with Crippen LogP contribution in [-0.4, -0.2) is 42.5 Å². The van der Waals surface area contributed by atoms with E-state index < -0.39 is 35.1 Å². The molecule has 1 amide bonds. The van der Waals surface area contributed by atoms with Crippen molar-refractivity contribution in [3.63, 3.8) is 0 Å². The van der Waals surface area contributed by atoms with Crippen LogP contribution in [0.15, 0.2) is 48.5 Å². The number of non-ortho nitro benzene ring substituents is 1. The maximum atomic E-state index is 12.6. The Labute approximate surface area is 167 Å². The summed E-state index contributed by atoms with van der Waals surface area (Å²) >= 11 is 0. The summed E-state index contributed by atoms with van der Waals surface area (Å²) in [6.45, 7) is 3.06. The van der Waals surface area contributed by atoms with Gasteiger partial charge in [0.05, 0.1) is 23.2 Å². The van der Waals surface area contributed by atoms with E-state index in [2.05, 4.69) is 4.74 Å². The lowest BCUT2D eigenvalue weighted by molar-refractivity contribution is -0.384. The van der Waals surface area contributed by atoms with Gasteiger partial charge in [-0.2, -0.15) is 0 Å². The lowest BCUT2D eigenvalue weighted by Crippen LogP contribution is -2.39. The topological polar surface area (TPSA) is 116 Å². The van der Waals surface area contributed by atoms with E-state index in [0.29, 0.717) is 5.69 Å². The number of esters is 2. The molecule has 0 saturated carbocycles. The van der Waals surface area contributed by atoms with E-state index in [0.717, 1.165) is 25.3 Å². The summed E-state index contributed by atoms with van der Waals surface area (Å²) in [7, 11) is 1.11. The molecular weight excluding hydrogens is 380 g/mol. The number of rotatable bonds is 7. The van der Waals surface area contributed by atoms with Crippen LogP contribution in [0.25, 0.3) is 0 Å². The standard InChI is InChI=1S/C20H20N2O7/c1-13(2)21(16-7-5-4-6-8-16)18(23)12-29-20(25)15-9-14(19(24)28-3)10-17(11-15)22(26)27/h4-11,13H,12H2,1-3H3. The maximum Gasteiger partial charge on any atom is 0.338 e. The second kappa shape index (κ2) is 9.45. The van der Waals surface area contributed by atoms with Gasteiger partial charge in [0.2, 0.25) is 0 Å². The molecule has 0 aromatic heterocycles. The molecule has 0 fully saturated rings. The van der Waals surface area contributed by atoms with E-state index in [1.807, 2.05) is 19.9 Å². The van der Waals surface area contributed by atoms with Crippen LogP contribution in [0.1, 0.15) is 34.6 Å². The molecule has 0 aliphatic heterocycles. The van der Waals surface area contributed by atoms with Crippen LogP contribution < -0.4 is 4.90 Å². The molecule has 9 nitrogen and oxygen atoms in total. The Bertz CT molecular complexity index is 926. The van der Waals surface area contributed by atoms with Gasteiger partial charge >= 0.3 is 11.9 Å². The van der Waals surface area contributed by atoms with Crippen LogP contribution in [0.5, 0.6) is 0 Å². The third-order valence-electron chi connectivity index (χ3n) is 3.93. The molecule has 0 bridgehead atoms. The zero-order chi connectivity index (χ0) is 21.6. The van der Waals surface area contributed by atoms with Gasteiger partial charge in [0.15, 0.2) is 6.61 Å². The zero-order valence-corrected chi connectivity index (χ0v) is 16.2. The first kappa shape index (κ1) is 21.5. The average molecular weight is 400 g/mol. The van der Waals surface area contributed by atoms with Gasteiger partial charge in [-0.25, -0.2) is 9.59 Å². The fourth-order valence-corrected chi connectivity index (χ4v) is 2.67. The number of carbonyl (C=O) groups excluding carboxylic acids is 3.